The Bertz CT molecular complexity index is 668. The van der Waals surface area contributed by atoms with Gasteiger partial charge in [0.15, 0.2) is 0 Å². The topological polar surface area (TPSA) is 20.3 Å². The molecule has 2 nitrogen and oxygen atoms in total. The van der Waals surface area contributed by atoms with E-state index >= 15 is 0 Å². The van der Waals surface area contributed by atoms with Gasteiger partial charge in [-0.15, -0.1) is 11.3 Å². The van der Waals surface area contributed by atoms with Crippen molar-refractivity contribution in [2.24, 2.45) is 0 Å². The van der Waals surface area contributed by atoms with Gasteiger partial charge >= 0.3 is 0 Å². The van der Waals surface area contributed by atoms with Gasteiger partial charge in [0.2, 0.25) is 0 Å². The van der Waals surface area contributed by atoms with Gasteiger partial charge in [-0.05, 0) is 48.6 Å². The van der Waals surface area contributed by atoms with Crippen LogP contribution in [0.15, 0.2) is 29.6 Å². The summed E-state index contributed by atoms with van der Waals surface area (Å²) in [5, 5.41) is 2.97. The maximum Gasteiger partial charge on any atom is 0.254 e. The molecule has 0 spiro atoms. The van der Waals surface area contributed by atoms with Crippen LogP contribution < -0.4 is 0 Å². The Labute approximate surface area is 131 Å². The monoisotopic (exact) mass is 325 g/mol. The van der Waals surface area contributed by atoms with E-state index in [-0.39, 0.29) is 11.9 Å². The van der Waals surface area contributed by atoms with E-state index < -0.39 is 0 Å². The molecule has 0 aliphatic carbocycles. The van der Waals surface area contributed by atoms with Crippen molar-refractivity contribution < 1.29 is 4.79 Å². The van der Waals surface area contributed by atoms with Gasteiger partial charge in [-0.2, -0.15) is 0 Å². The lowest BCUT2D eigenvalue weighted by Crippen LogP contribution is -2.38. The molecule has 104 valence electrons. The Morgan fingerprint density at radius 3 is 2.85 bits per heavy atom. The molecule has 5 heteroatoms. The van der Waals surface area contributed by atoms with Crippen molar-refractivity contribution in [1.29, 1.82) is 0 Å². The summed E-state index contributed by atoms with van der Waals surface area (Å²) in [6.07, 6.45) is 0.921. The molecule has 1 aliphatic heterocycles. The van der Waals surface area contributed by atoms with Crippen molar-refractivity contribution in [3.63, 3.8) is 0 Å². The molecule has 2 aromatic rings. The summed E-state index contributed by atoms with van der Waals surface area (Å²) in [5.41, 5.74) is 1.85. The lowest BCUT2D eigenvalue weighted by Gasteiger charge is -2.33. The number of halogens is 2. The summed E-state index contributed by atoms with van der Waals surface area (Å²) in [4.78, 5) is 15.9. The van der Waals surface area contributed by atoms with Crippen LogP contribution in [-0.2, 0) is 6.42 Å². The zero-order valence-electron chi connectivity index (χ0n) is 10.9. The Balaban J connectivity index is 1.90. The molecule has 0 unspecified atom stereocenters. The van der Waals surface area contributed by atoms with Crippen LogP contribution in [0.3, 0.4) is 0 Å². The molecule has 0 saturated carbocycles. The summed E-state index contributed by atoms with van der Waals surface area (Å²) in [6.45, 7) is 2.81. The molecule has 0 bridgehead atoms. The smallest absolute Gasteiger partial charge is 0.254 e. The quantitative estimate of drug-likeness (QED) is 0.736. The molecule has 1 amide bonds. The number of fused-ring (bicyclic) bond motifs is 1. The number of hydrogen-bond donors (Lipinski definition) is 0. The molecule has 2 heterocycles. The van der Waals surface area contributed by atoms with Gasteiger partial charge in [0.25, 0.3) is 5.91 Å². The van der Waals surface area contributed by atoms with Gasteiger partial charge < -0.3 is 4.90 Å². The van der Waals surface area contributed by atoms with Crippen LogP contribution in [0.1, 0.15) is 33.8 Å². The van der Waals surface area contributed by atoms with Gasteiger partial charge in [-0.3, -0.25) is 4.79 Å². The number of carbonyl (C=O) groups excluding carboxylic acids is 1. The molecule has 0 radical (unpaired) electrons. The zero-order chi connectivity index (χ0) is 14.3. The molecule has 0 fully saturated rings. The van der Waals surface area contributed by atoms with Crippen LogP contribution in [0.5, 0.6) is 0 Å². The number of hydrogen-bond acceptors (Lipinski definition) is 2. The standard InChI is InChI=1S/C15H13Cl2NOS/c1-9-11-5-7-20-14(11)4-6-18(9)15(19)10-2-3-12(16)13(17)8-10/h2-3,5,7-9H,4,6H2,1H3/t9-/m1/s1. The summed E-state index contributed by atoms with van der Waals surface area (Å²) in [5.74, 6) is 0.00733. The Kier molecular flexibility index (Phi) is 3.76. The highest BCUT2D eigenvalue weighted by molar-refractivity contribution is 7.10. The number of benzene rings is 1. The normalized spacial score (nSPS) is 17.9. The highest BCUT2D eigenvalue weighted by atomic mass is 35.5. The minimum Gasteiger partial charge on any atom is -0.331 e. The first-order valence-electron chi connectivity index (χ1n) is 6.40. The lowest BCUT2D eigenvalue weighted by molar-refractivity contribution is 0.0679. The molecule has 1 aliphatic rings. The minimum atomic E-state index is 0.00733. The van der Waals surface area contributed by atoms with Crippen LogP contribution in [0.25, 0.3) is 0 Å². The van der Waals surface area contributed by atoms with Crippen LogP contribution in [-0.4, -0.2) is 17.4 Å². The number of carbonyl (C=O) groups is 1. The molecule has 20 heavy (non-hydrogen) atoms. The Morgan fingerprint density at radius 2 is 2.10 bits per heavy atom. The molecule has 1 aromatic carbocycles. The average Bonchev–Trinajstić information content (AvgIpc) is 2.91. The third-order valence-corrected chi connectivity index (χ3v) is 5.44. The van der Waals surface area contributed by atoms with Crippen LogP contribution in [0, 0.1) is 0 Å². The summed E-state index contributed by atoms with van der Waals surface area (Å²) in [7, 11) is 0. The van der Waals surface area contributed by atoms with E-state index in [9.17, 15) is 4.79 Å². The van der Waals surface area contributed by atoms with Crippen molar-refractivity contribution in [3.8, 4) is 0 Å². The summed E-state index contributed by atoms with van der Waals surface area (Å²) < 4.78 is 0. The minimum absolute atomic E-state index is 0.00733. The number of nitrogens with zero attached hydrogens (tertiary/aromatic N) is 1. The van der Waals surface area contributed by atoms with Gasteiger partial charge in [-0.25, -0.2) is 0 Å². The van der Waals surface area contributed by atoms with Crippen molar-refractivity contribution >= 4 is 40.4 Å². The maximum absolute atomic E-state index is 12.6. The first kappa shape index (κ1) is 13.9. The van der Waals surface area contributed by atoms with Crippen LogP contribution in [0.2, 0.25) is 10.0 Å². The molecular formula is C15H13Cl2NOS. The molecule has 1 aromatic heterocycles. The van der Waals surface area contributed by atoms with E-state index in [1.54, 1.807) is 29.5 Å². The second kappa shape index (κ2) is 5.40. The van der Waals surface area contributed by atoms with Crippen LogP contribution >= 0.6 is 34.5 Å². The Morgan fingerprint density at radius 1 is 1.30 bits per heavy atom. The fourth-order valence-electron chi connectivity index (χ4n) is 2.58. The van der Waals surface area contributed by atoms with Crippen molar-refractivity contribution in [2.45, 2.75) is 19.4 Å². The van der Waals surface area contributed by atoms with Gasteiger partial charge in [0.1, 0.15) is 0 Å². The average molecular weight is 326 g/mol. The van der Waals surface area contributed by atoms with Crippen LogP contribution in [0.4, 0.5) is 0 Å². The predicted molar refractivity (Wildman–Crippen MR) is 83.9 cm³/mol. The van der Waals surface area contributed by atoms with E-state index in [1.807, 2.05) is 4.90 Å². The third kappa shape index (κ3) is 2.34. The summed E-state index contributed by atoms with van der Waals surface area (Å²) >= 11 is 13.7. The van der Waals surface area contributed by atoms with E-state index in [0.717, 1.165) is 13.0 Å². The first-order chi connectivity index (χ1) is 9.58. The molecule has 0 N–H and O–H groups in total. The number of thiophene rings is 1. The molecular weight excluding hydrogens is 313 g/mol. The lowest BCUT2D eigenvalue weighted by atomic mass is 10.0. The second-order valence-corrected chi connectivity index (χ2v) is 6.67. The van der Waals surface area contributed by atoms with E-state index in [1.165, 1.54) is 10.4 Å². The fourth-order valence-corrected chi connectivity index (χ4v) is 3.84. The number of amides is 1. The largest absolute Gasteiger partial charge is 0.331 e. The van der Waals surface area contributed by atoms with Gasteiger partial charge in [0, 0.05) is 17.0 Å². The molecule has 0 saturated heterocycles. The fraction of sp³-hybridized carbons (Fsp3) is 0.267. The van der Waals surface area contributed by atoms with E-state index in [0.29, 0.717) is 15.6 Å². The van der Waals surface area contributed by atoms with E-state index in [4.69, 9.17) is 23.2 Å². The van der Waals surface area contributed by atoms with Gasteiger partial charge in [0.05, 0.1) is 16.1 Å². The highest BCUT2D eigenvalue weighted by Gasteiger charge is 2.29. The number of rotatable bonds is 1. The van der Waals surface area contributed by atoms with Crippen molar-refractivity contribution in [1.82, 2.24) is 4.90 Å². The third-order valence-electron chi connectivity index (χ3n) is 3.70. The summed E-state index contributed by atoms with van der Waals surface area (Å²) in [6, 6.07) is 7.25. The maximum atomic E-state index is 12.6. The second-order valence-electron chi connectivity index (χ2n) is 4.85. The van der Waals surface area contributed by atoms with E-state index in [2.05, 4.69) is 18.4 Å². The SMILES string of the molecule is C[C@@H]1c2ccsc2CCN1C(=O)c1ccc(Cl)c(Cl)c1. The van der Waals surface area contributed by atoms with Gasteiger partial charge in [-0.1, -0.05) is 23.2 Å². The Hall–Kier alpha value is -1.03. The first-order valence-corrected chi connectivity index (χ1v) is 8.04. The van der Waals surface area contributed by atoms with Crippen molar-refractivity contribution in [3.05, 3.63) is 55.7 Å². The van der Waals surface area contributed by atoms with Crippen molar-refractivity contribution in [2.75, 3.05) is 6.54 Å². The molecule has 1 atom stereocenters. The zero-order valence-corrected chi connectivity index (χ0v) is 13.2. The predicted octanol–water partition coefficient (Wildman–Crippen LogP) is 4.81. The molecule has 3 rings (SSSR count). The highest BCUT2D eigenvalue weighted by Crippen LogP contribution is 2.34.